The van der Waals surface area contributed by atoms with Crippen molar-refractivity contribution >= 4 is 21.7 Å². The Hall–Kier alpha value is -0.680. The van der Waals surface area contributed by atoms with E-state index in [1.54, 1.807) is 0 Å². The summed E-state index contributed by atoms with van der Waals surface area (Å²) in [6.45, 7) is 6.59. The predicted molar refractivity (Wildman–Crippen MR) is 77.7 cm³/mol. The maximum Gasteiger partial charge on any atom is 0.132 e. The van der Waals surface area contributed by atoms with E-state index < -0.39 is 5.60 Å². The number of rotatable bonds is 7. The highest BCUT2D eigenvalue weighted by molar-refractivity contribution is 9.10. The lowest BCUT2D eigenvalue weighted by molar-refractivity contribution is 0.0456. The summed E-state index contributed by atoms with van der Waals surface area (Å²) in [4.78, 5) is 8.74. The van der Waals surface area contributed by atoms with Crippen LogP contribution in [0, 0.1) is 0 Å². The second-order valence-electron chi connectivity index (χ2n) is 4.53. The van der Waals surface area contributed by atoms with Gasteiger partial charge < -0.3 is 10.4 Å². The van der Waals surface area contributed by atoms with Crippen LogP contribution in [0.3, 0.4) is 0 Å². The molecular formula is C13H22BrN3O. The van der Waals surface area contributed by atoms with Gasteiger partial charge in [-0.15, -0.1) is 0 Å². The van der Waals surface area contributed by atoms with Gasteiger partial charge in [0.05, 0.1) is 5.60 Å². The second kappa shape index (κ2) is 7.04. The molecule has 1 aromatic rings. The van der Waals surface area contributed by atoms with E-state index in [-0.39, 0.29) is 0 Å². The van der Waals surface area contributed by atoms with E-state index in [0.29, 0.717) is 6.54 Å². The number of aliphatic hydroxyl groups is 1. The van der Waals surface area contributed by atoms with Crippen molar-refractivity contribution < 1.29 is 5.11 Å². The molecule has 1 heterocycles. The van der Waals surface area contributed by atoms with Crippen molar-refractivity contribution in [3.63, 3.8) is 0 Å². The first-order valence-corrected chi connectivity index (χ1v) is 7.32. The van der Waals surface area contributed by atoms with E-state index in [1.807, 2.05) is 19.9 Å². The van der Waals surface area contributed by atoms with E-state index in [0.717, 1.165) is 41.9 Å². The zero-order chi connectivity index (χ0) is 13.6. The summed E-state index contributed by atoms with van der Waals surface area (Å²) in [5.41, 5.74) is -0.664. The molecule has 0 atom stereocenters. The van der Waals surface area contributed by atoms with Crippen molar-refractivity contribution in [1.29, 1.82) is 0 Å². The third kappa shape index (κ3) is 4.53. The summed E-state index contributed by atoms with van der Waals surface area (Å²) in [7, 11) is 0. The molecule has 1 aromatic heterocycles. The Morgan fingerprint density at radius 2 is 1.94 bits per heavy atom. The van der Waals surface area contributed by atoms with E-state index in [4.69, 9.17) is 0 Å². The summed E-state index contributed by atoms with van der Waals surface area (Å²) in [5.74, 6) is 1.59. The number of nitrogens with one attached hydrogen (secondary N) is 1. The van der Waals surface area contributed by atoms with Crippen LogP contribution < -0.4 is 5.32 Å². The lowest BCUT2D eigenvalue weighted by Gasteiger charge is -2.25. The molecule has 0 aliphatic rings. The second-order valence-corrected chi connectivity index (χ2v) is 5.34. The molecule has 4 nitrogen and oxygen atoms in total. The molecule has 0 fully saturated rings. The van der Waals surface area contributed by atoms with Crippen LogP contribution >= 0.6 is 15.9 Å². The molecule has 102 valence electrons. The molecule has 0 radical (unpaired) electrons. The Labute approximate surface area is 117 Å². The fraction of sp³-hybridized carbons (Fsp3) is 0.692. The van der Waals surface area contributed by atoms with Gasteiger partial charge in [0, 0.05) is 19.0 Å². The largest absolute Gasteiger partial charge is 0.388 e. The molecule has 1 rings (SSSR count). The number of aryl methyl sites for hydroxylation is 1. The van der Waals surface area contributed by atoms with Gasteiger partial charge in [-0.2, -0.15) is 0 Å². The lowest BCUT2D eigenvalue weighted by atomic mass is 9.98. The van der Waals surface area contributed by atoms with E-state index in [1.165, 1.54) is 0 Å². The maximum absolute atomic E-state index is 10.2. The third-order valence-corrected chi connectivity index (χ3v) is 3.54. The fourth-order valence-corrected chi connectivity index (χ4v) is 2.07. The monoisotopic (exact) mass is 315 g/mol. The number of aromatic nitrogens is 2. The van der Waals surface area contributed by atoms with Gasteiger partial charge in [-0.25, -0.2) is 9.97 Å². The van der Waals surface area contributed by atoms with Gasteiger partial charge in [0.25, 0.3) is 0 Å². The van der Waals surface area contributed by atoms with E-state index >= 15 is 0 Å². The van der Waals surface area contributed by atoms with Crippen LogP contribution in [-0.4, -0.2) is 27.2 Å². The number of hydrogen-bond acceptors (Lipinski definition) is 4. The number of nitrogens with zero attached hydrogens (tertiary/aromatic N) is 2. The minimum atomic E-state index is -0.664. The molecule has 5 heteroatoms. The molecule has 0 spiro atoms. The Kier molecular flexibility index (Phi) is 6.02. The zero-order valence-electron chi connectivity index (χ0n) is 11.3. The normalized spacial score (nSPS) is 11.6. The van der Waals surface area contributed by atoms with Gasteiger partial charge in [-0.3, -0.25) is 0 Å². The molecule has 0 bridgehead atoms. The summed E-state index contributed by atoms with van der Waals surface area (Å²) < 4.78 is 0.778. The van der Waals surface area contributed by atoms with Crippen molar-refractivity contribution in [2.24, 2.45) is 0 Å². The minimum Gasteiger partial charge on any atom is -0.388 e. The van der Waals surface area contributed by atoms with Crippen LogP contribution in [-0.2, 0) is 6.42 Å². The molecule has 0 aromatic carbocycles. The van der Waals surface area contributed by atoms with Gasteiger partial charge in [-0.1, -0.05) is 20.8 Å². The van der Waals surface area contributed by atoms with E-state index in [2.05, 4.69) is 38.1 Å². The quantitative estimate of drug-likeness (QED) is 0.759. The number of hydrogen-bond donors (Lipinski definition) is 2. The van der Waals surface area contributed by atoms with Gasteiger partial charge in [0.1, 0.15) is 16.2 Å². The predicted octanol–water partition coefficient (Wildman–Crippen LogP) is 3.15. The van der Waals surface area contributed by atoms with Crippen molar-refractivity contribution in [3.05, 3.63) is 16.5 Å². The van der Waals surface area contributed by atoms with Crippen LogP contribution in [0.2, 0.25) is 0 Å². The summed E-state index contributed by atoms with van der Waals surface area (Å²) >= 11 is 3.38. The van der Waals surface area contributed by atoms with Gasteiger partial charge in [0.15, 0.2) is 0 Å². The lowest BCUT2D eigenvalue weighted by Crippen LogP contribution is -2.35. The summed E-state index contributed by atoms with van der Waals surface area (Å²) in [6, 6.07) is 1.84. The molecule has 0 aliphatic heterocycles. The van der Waals surface area contributed by atoms with Crippen LogP contribution in [0.1, 0.15) is 45.9 Å². The third-order valence-electron chi connectivity index (χ3n) is 3.13. The smallest absolute Gasteiger partial charge is 0.132 e. The van der Waals surface area contributed by atoms with Crippen molar-refractivity contribution in [1.82, 2.24) is 9.97 Å². The minimum absolute atomic E-state index is 0.509. The molecule has 0 amide bonds. The van der Waals surface area contributed by atoms with Crippen LogP contribution in [0.25, 0.3) is 0 Å². The first-order valence-electron chi connectivity index (χ1n) is 6.52. The molecule has 0 saturated heterocycles. The molecule has 0 aliphatic carbocycles. The zero-order valence-corrected chi connectivity index (χ0v) is 12.9. The first kappa shape index (κ1) is 15.4. The molecular weight excluding hydrogens is 294 g/mol. The summed E-state index contributed by atoms with van der Waals surface area (Å²) in [5, 5.41) is 13.4. The maximum atomic E-state index is 10.2. The Morgan fingerprint density at radius 3 is 2.50 bits per heavy atom. The molecule has 0 unspecified atom stereocenters. The first-order chi connectivity index (χ1) is 8.53. The average molecular weight is 316 g/mol. The standard InChI is InChI=1S/C13H22BrN3O/c1-4-7-11-16-10(14)8-12(17-11)15-9-13(18,5-2)6-3/h8,18H,4-7,9H2,1-3H3,(H,15,16,17). The highest BCUT2D eigenvalue weighted by Crippen LogP contribution is 2.17. The van der Waals surface area contributed by atoms with Crippen molar-refractivity contribution in [2.75, 3.05) is 11.9 Å². The van der Waals surface area contributed by atoms with Crippen LogP contribution in [0.4, 0.5) is 5.82 Å². The average Bonchev–Trinajstić information content (AvgIpc) is 2.36. The molecule has 0 saturated carbocycles. The Morgan fingerprint density at radius 1 is 1.28 bits per heavy atom. The Balaban J connectivity index is 2.72. The van der Waals surface area contributed by atoms with E-state index in [9.17, 15) is 5.11 Å². The SMILES string of the molecule is CCCc1nc(Br)cc(NCC(O)(CC)CC)n1. The number of halogens is 1. The molecule has 18 heavy (non-hydrogen) atoms. The van der Waals surface area contributed by atoms with Crippen LogP contribution in [0.5, 0.6) is 0 Å². The van der Waals surface area contributed by atoms with Crippen LogP contribution in [0.15, 0.2) is 10.7 Å². The highest BCUT2D eigenvalue weighted by Gasteiger charge is 2.21. The van der Waals surface area contributed by atoms with Gasteiger partial charge in [-0.05, 0) is 35.2 Å². The highest BCUT2D eigenvalue weighted by atomic mass is 79.9. The summed E-state index contributed by atoms with van der Waals surface area (Å²) in [6.07, 6.45) is 3.33. The van der Waals surface area contributed by atoms with Crippen molar-refractivity contribution in [3.8, 4) is 0 Å². The van der Waals surface area contributed by atoms with Gasteiger partial charge in [0.2, 0.25) is 0 Å². The van der Waals surface area contributed by atoms with Gasteiger partial charge >= 0.3 is 0 Å². The Bertz CT molecular complexity index is 380. The van der Waals surface area contributed by atoms with Crippen molar-refractivity contribution in [2.45, 2.75) is 52.1 Å². The fourth-order valence-electron chi connectivity index (χ4n) is 1.65. The molecule has 2 N–H and O–H groups in total. The topological polar surface area (TPSA) is 58.0 Å². The number of anilines is 1.